The van der Waals surface area contributed by atoms with Crippen LogP contribution >= 0.6 is 0 Å². The van der Waals surface area contributed by atoms with Crippen molar-refractivity contribution in [2.24, 2.45) is 5.92 Å². The lowest BCUT2D eigenvalue weighted by Gasteiger charge is -2.17. The van der Waals surface area contributed by atoms with Crippen LogP contribution in [0.2, 0.25) is 0 Å². The van der Waals surface area contributed by atoms with Crippen LogP contribution in [-0.2, 0) is 9.59 Å². The van der Waals surface area contributed by atoms with Crippen LogP contribution in [0.1, 0.15) is 6.42 Å². The van der Waals surface area contributed by atoms with Crippen LogP contribution in [-0.4, -0.2) is 35.6 Å². The van der Waals surface area contributed by atoms with Gasteiger partial charge in [0, 0.05) is 35.5 Å². The van der Waals surface area contributed by atoms with Gasteiger partial charge in [0.15, 0.2) is 0 Å². The number of carbonyl (C=O) groups excluding carboxylic acids is 2. The number of hydrogen-bond acceptors (Lipinski definition) is 6. The molecule has 8 heteroatoms. The highest BCUT2D eigenvalue weighted by atomic mass is 16.5. The Bertz CT molecular complexity index is 1300. The van der Waals surface area contributed by atoms with Crippen molar-refractivity contribution in [2.75, 3.05) is 23.9 Å². The number of rotatable bonds is 6. The summed E-state index contributed by atoms with van der Waals surface area (Å²) < 4.78 is 10.5. The number of benzene rings is 3. The molecule has 0 radical (unpaired) electrons. The Morgan fingerprint density at radius 3 is 2.44 bits per heavy atom. The Kier molecular flexibility index (Phi) is 5.78. The van der Waals surface area contributed by atoms with Gasteiger partial charge in [0.05, 0.1) is 13.0 Å². The van der Waals surface area contributed by atoms with Crippen molar-refractivity contribution in [3.8, 4) is 28.6 Å². The van der Waals surface area contributed by atoms with Gasteiger partial charge in [-0.15, -0.1) is 0 Å². The molecule has 0 spiro atoms. The van der Waals surface area contributed by atoms with Crippen molar-refractivity contribution >= 4 is 23.2 Å². The summed E-state index contributed by atoms with van der Waals surface area (Å²) >= 11 is 0. The molecule has 1 aromatic heterocycles. The van der Waals surface area contributed by atoms with E-state index in [9.17, 15) is 9.59 Å². The van der Waals surface area contributed by atoms with E-state index in [4.69, 9.17) is 9.26 Å². The van der Waals surface area contributed by atoms with E-state index in [0.717, 1.165) is 16.8 Å². The molecule has 8 nitrogen and oxygen atoms in total. The van der Waals surface area contributed by atoms with Gasteiger partial charge in [0.2, 0.25) is 17.6 Å². The van der Waals surface area contributed by atoms with Crippen LogP contribution in [0.5, 0.6) is 5.75 Å². The van der Waals surface area contributed by atoms with Gasteiger partial charge < -0.3 is 19.5 Å². The van der Waals surface area contributed by atoms with Crippen LogP contribution in [0.4, 0.5) is 11.4 Å². The Labute approximate surface area is 196 Å². The van der Waals surface area contributed by atoms with E-state index in [0.29, 0.717) is 29.7 Å². The number of aromatic nitrogens is 2. The van der Waals surface area contributed by atoms with Crippen molar-refractivity contribution in [3.63, 3.8) is 0 Å². The largest absolute Gasteiger partial charge is 0.497 e. The highest BCUT2D eigenvalue weighted by Gasteiger charge is 2.35. The molecule has 3 aromatic carbocycles. The van der Waals surface area contributed by atoms with Crippen molar-refractivity contribution in [1.29, 1.82) is 0 Å². The predicted octanol–water partition coefficient (Wildman–Crippen LogP) is 4.40. The number of nitrogens with zero attached hydrogens (tertiary/aromatic N) is 3. The maximum absolute atomic E-state index is 12.8. The second kappa shape index (κ2) is 9.19. The van der Waals surface area contributed by atoms with E-state index in [-0.39, 0.29) is 18.2 Å². The van der Waals surface area contributed by atoms with Crippen molar-refractivity contribution in [3.05, 3.63) is 78.9 Å². The number of amides is 2. The quantitative estimate of drug-likeness (QED) is 0.464. The molecule has 2 amide bonds. The molecule has 5 rings (SSSR count). The highest BCUT2D eigenvalue weighted by molar-refractivity contribution is 6.03. The highest BCUT2D eigenvalue weighted by Crippen LogP contribution is 2.28. The Hall–Kier alpha value is -4.46. The molecule has 1 aliphatic rings. The molecule has 1 saturated heterocycles. The summed E-state index contributed by atoms with van der Waals surface area (Å²) in [5.74, 6) is 0.921. The smallest absolute Gasteiger partial charge is 0.258 e. The first kappa shape index (κ1) is 21.4. The molecule has 34 heavy (non-hydrogen) atoms. The maximum Gasteiger partial charge on any atom is 0.258 e. The zero-order chi connectivity index (χ0) is 23.5. The fourth-order valence-electron chi connectivity index (χ4n) is 3.88. The molecule has 1 unspecified atom stereocenters. The fraction of sp³-hybridized carbons (Fsp3) is 0.154. The SMILES string of the molecule is COc1ccc(N2CC(C(=O)Nc3ccc(-c4nc(-c5ccccc5)no4)cc3)CC2=O)cc1. The third-order valence-electron chi connectivity index (χ3n) is 5.74. The summed E-state index contributed by atoms with van der Waals surface area (Å²) in [6.07, 6.45) is 0.167. The van der Waals surface area contributed by atoms with Gasteiger partial charge in [-0.3, -0.25) is 9.59 Å². The topological polar surface area (TPSA) is 97.6 Å². The molecule has 0 saturated carbocycles. The van der Waals surface area contributed by atoms with Gasteiger partial charge in [0.1, 0.15) is 5.75 Å². The summed E-state index contributed by atoms with van der Waals surface area (Å²) in [6.45, 7) is 0.333. The predicted molar refractivity (Wildman–Crippen MR) is 127 cm³/mol. The molecular formula is C26H22N4O4. The van der Waals surface area contributed by atoms with Crippen LogP contribution in [0.3, 0.4) is 0 Å². The second-order valence-corrected chi connectivity index (χ2v) is 7.96. The Balaban J connectivity index is 1.22. The fourth-order valence-corrected chi connectivity index (χ4v) is 3.88. The summed E-state index contributed by atoms with van der Waals surface area (Å²) in [5.41, 5.74) is 3.00. The number of carbonyl (C=O) groups is 2. The first-order valence-electron chi connectivity index (χ1n) is 10.9. The molecule has 1 fully saturated rings. The molecule has 1 aliphatic heterocycles. The number of nitrogens with one attached hydrogen (secondary N) is 1. The van der Waals surface area contributed by atoms with Gasteiger partial charge in [-0.25, -0.2) is 0 Å². The minimum atomic E-state index is -0.432. The molecule has 2 heterocycles. The minimum absolute atomic E-state index is 0.0775. The average molecular weight is 454 g/mol. The van der Waals surface area contributed by atoms with E-state index < -0.39 is 5.92 Å². The molecule has 4 aromatic rings. The summed E-state index contributed by atoms with van der Waals surface area (Å²) in [5, 5.41) is 6.94. The molecule has 1 N–H and O–H groups in total. The van der Waals surface area contributed by atoms with Crippen molar-refractivity contribution in [1.82, 2.24) is 10.1 Å². The number of anilines is 2. The molecular weight excluding hydrogens is 432 g/mol. The number of hydrogen-bond donors (Lipinski definition) is 1. The summed E-state index contributed by atoms with van der Waals surface area (Å²) in [6, 6.07) is 24.0. The van der Waals surface area contributed by atoms with E-state index in [2.05, 4.69) is 15.5 Å². The van der Waals surface area contributed by atoms with Crippen LogP contribution in [0.15, 0.2) is 83.4 Å². The third kappa shape index (κ3) is 4.38. The normalized spacial score (nSPS) is 15.4. The van der Waals surface area contributed by atoms with Crippen LogP contribution < -0.4 is 15.0 Å². The summed E-state index contributed by atoms with van der Waals surface area (Å²) in [7, 11) is 1.59. The number of methoxy groups -OCH3 is 1. The molecule has 0 aliphatic carbocycles. The molecule has 1 atom stereocenters. The standard InChI is InChI=1S/C26H22N4O4/c1-33-22-13-11-21(12-14-22)30-16-19(15-23(30)31)25(32)27-20-9-7-18(8-10-20)26-28-24(29-34-26)17-5-3-2-4-6-17/h2-14,19H,15-16H2,1H3,(H,27,32). The third-order valence-corrected chi connectivity index (χ3v) is 5.74. The maximum atomic E-state index is 12.8. The van der Waals surface area contributed by atoms with Gasteiger partial charge in [-0.2, -0.15) is 4.98 Å². The van der Waals surface area contributed by atoms with E-state index >= 15 is 0 Å². The van der Waals surface area contributed by atoms with Crippen molar-refractivity contribution in [2.45, 2.75) is 6.42 Å². The molecule has 170 valence electrons. The van der Waals surface area contributed by atoms with Gasteiger partial charge in [-0.05, 0) is 48.5 Å². The zero-order valence-corrected chi connectivity index (χ0v) is 18.5. The lowest BCUT2D eigenvalue weighted by atomic mass is 10.1. The zero-order valence-electron chi connectivity index (χ0n) is 18.5. The lowest BCUT2D eigenvalue weighted by molar-refractivity contribution is -0.122. The lowest BCUT2D eigenvalue weighted by Crippen LogP contribution is -2.28. The second-order valence-electron chi connectivity index (χ2n) is 7.96. The van der Waals surface area contributed by atoms with Crippen molar-refractivity contribution < 1.29 is 18.8 Å². The number of ether oxygens (including phenoxy) is 1. The van der Waals surface area contributed by atoms with Crippen LogP contribution in [0.25, 0.3) is 22.8 Å². The van der Waals surface area contributed by atoms with Gasteiger partial charge >= 0.3 is 0 Å². The summed E-state index contributed by atoms with van der Waals surface area (Å²) in [4.78, 5) is 31.4. The monoisotopic (exact) mass is 454 g/mol. The first-order valence-corrected chi connectivity index (χ1v) is 10.9. The van der Waals surface area contributed by atoms with E-state index in [1.165, 1.54) is 0 Å². The van der Waals surface area contributed by atoms with Gasteiger partial charge in [-0.1, -0.05) is 35.5 Å². The minimum Gasteiger partial charge on any atom is -0.497 e. The molecule has 0 bridgehead atoms. The Morgan fingerprint density at radius 1 is 1.00 bits per heavy atom. The van der Waals surface area contributed by atoms with Gasteiger partial charge in [0.25, 0.3) is 5.89 Å². The van der Waals surface area contributed by atoms with E-state index in [1.807, 2.05) is 42.5 Å². The van der Waals surface area contributed by atoms with E-state index in [1.54, 1.807) is 48.4 Å². The van der Waals surface area contributed by atoms with Crippen LogP contribution in [0, 0.1) is 5.92 Å². The average Bonchev–Trinajstić information content (AvgIpc) is 3.53. The first-order chi connectivity index (χ1) is 16.6. The Morgan fingerprint density at radius 2 is 1.74 bits per heavy atom.